The zero-order valence-electron chi connectivity index (χ0n) is 15.7. The normalized spacial score (nSPS) is 12.6. The molecule has 0 saturated heterocycles. The summed E-state index contributed by atoms with van der Waals surface area (Å²) < 4.78 is 26.6. The Hall–Kier alpha value is -1.61. The van der Waals surface area contributed by atoms with E-state index in [-0.39, 0.29) is 18.5 Å². The van der Waals surface area contributed by atoms with Crippen molar-refractivity contribution in [2.45, 2.75) is 26.3 Å². The second-order valence-corrected chi connectivity index (χ2v) is 10.1. The molecule has 1 amide bonds. The van der Waals surface area contributed by atoms with Gasteiger partial charge in [0.2, 0.25) is 15.9 Å². The molecular formula is C20H25IN2O3S. The van der Waals surface area contributed by atoms with E-state index >= 15 is 0 Å². The maximum absolute atomic E-state index is 12.7. The molecule has 0 bridgehead atoms. The fourth-order valence-corrected chi connectivity index (χ4v) is 4.03. The number of rotatable bonds is 8. The van der Waals surface area contributed by atoms with E-state index in [2.05, 4.69) is 41.8 Å². The molecule has 0 aliphatic carbocycles. The molecule has 0 saturated carbocycles. The Morgan fingerprint density at radius 3 is 2.19 bits per heavy atom. The number of nitrogens with zero attached hydrogens (tertiary/aromatic N) is 1. The molecule has 2 rings (SSSR count). The van der Waals surface area contributed by atoms with Crippen LogP contribution in [0.3, 0.4) is 0 Å². The predicted molar refractivity (Wildman–Crippen MR) is 118 cm³/mol. The van der Waals surface area contributed by atoms with Crippen molar-refractivity contribution in [2.75, 3.05) is 17.1 Å². The maximum Gasteiger partial charge on any atom is 0.241 e. The molecule has 2 aromatic rings. The molecule has 0 spiro atoms. The summed E-state index contributed by atoms with van der Waals surface area (Å²) in [7, 11) is -3.58. The molecule has 0 fully saturated rings. The Kier molecular flexibility index (Phi) is 7.67. The molecule has 0 unspecified atom stereocenters. The standard InChI is InChI=1S/C20H25IN2O3S/c1-15(2)13-19(16-7-5-4-6-8-16)22-20(24)14-23(27(3,25)26)18-11-9-17(21)10-12-18/h4-12,15,19H,13-14H2,1-3H3,(H,22,24)/t19-/m0/s1. The third-order valence-electron chi connectivity index (χ3n) is 4.05. The van der Waals surface area contributed by atoms with Crippen LogP contribution in [-0.4, -0.2) is 27.1 Å². The molecule has 146 valence electrons. The lowest BCUT2D eigenvalue weighted by atomic mass is 9.97. The largest absolute Gasteiger partial charge is 0.348 e. The van der Waals surface area contributed by atoms with Crippen molar-refractivity contribution < 1.29 is 13.2 Å². The highest BCUT2D eigenvalue weighted by atomic mass is 127. The summed E-state index contributed by atoms with van der Waals surface area (Å²) in [6.07, 6.45) is 1.89. The lowest BCUT2D eigenvalue weighted by Gasteiger charge is -2.25. The fourth-order valence-electron chi connectivity index (χ4n) is 2.81. The van der Waals surface area contributed by atoms with Gasteiger partial charge in [-0.15, -0.1) is 0 Å². The van der Waals surface area contributed by atoms with Crippen molar-refractivity contribution in [1.82, 2.24) is 5.32 Å². The number of anilines is 1. The third kappa shape index (κ3) is 6.80. The van der Waals surface area contributed by atoms with E-state index in [0.29, 0.717) is 11.6 Å². The van der Waals surface area contributed by atoms with Gasteiger partial charge in [0, 0.05) is 3.57 Å². The monoisotopic (exact) mass is 500 g/mol. The van der Waals surface area contributed by atoms with E-state index in [1.54, 1.807) is 12.1 Å². The first-order chi connectivity index (χ1) is 12.7. The number of amides is 1. The van der Waals surface area contributed by atoms with Gasteiger partial charge in [0.05, 0.1) is 18.0 Å². The molecule has 0 aliphatic heterocycles. The quantitative estimate of drug-likeness (QED) is 0.559. The molecule has 0 aliphatic rings. The number of sulfonamides is 1. The van der Waals surface area contributed by atoms with E-state index < -0.39 is 10.0 Å². The van der Waals surface area contributed by atoms with Crippen molar-refractivity contribution >= 4 is 44.2 Å². The maximum atomic E-state index is 12.7. The van der Waals surface area contributed by atoms with Crippen LogP contribution in [0.1, 0.15) is 31.9 Å². The van der Waals surface area contributed by atoms with Crippen molar-refractivity contribution in [3.8, 4) is 0 Å². The molecular weight excluding hydrogens is 475 g/mol. The number of hydrogen-bond donors (Lipinski definition) is 1. The van der Waals surface area contributed by atoms with Crippen molar-refractivity contribution in [3.63, 3.8) is 0 Å². The van der Waals surface area contributed by atoms with Crippen LogP contribution < -0.4 is 9.62 Å². The van der Waals surface area contributed by atoms with E-state index in [9.17, 15) is 13.2 Å². The lowest BCUT2D eigenvalue weighted by Crippen LogP contribution is -2.41. The predicted octanol–water partition coefficient (Wildman–Crippen LogP) is 3.96. The Morgan fingerprint density at radius 2 is 1.67 bits per heavy atom. The number of halogens is 1. The third-order valence-corrected chi connectivity index (χ3v) is 5.91. The molecule has 2 aromatic carbocycles. The van der Waals surface area contributed by atoms with Crippen molar-refractivity contribution in [1.29, 1.82) is 0 Å². The second kappa shape index (κ2) is 9.54. The summed E-state index contributed by atoms with van der Waals surface area (Å²) in [5.74, 6) is 0.0613. The first-order valence-corrected chi connectivity index (χ1v) is 11.7. The van der Waals surface area contributed by atoms with Crippen molar-refractivity contribution in [3.05, 3.63) is 63.7 Å². The van der Waals surface area contributed by atoms with Crippen LogP contribution in [0.15, 0.2) is 54.6 Å². The van der Waals surface area contributed by atoms with Crippen LogP contribution in [0.25, 0.3) is 0 Å². The van der Waals surface area contributed by atoms with Crippen LogP contribution in [0.4, 0.5) is 5.69 Å². The van der Waals surface area contributed by atoms with E-state index in [1.165, 1.54) is 0 Å². The highest BCUT2D eigenvalue weighted by Crippen LogP contribution is 2.22. The SMILES string of the molecule is CC(C)C[C@H](NC(=O)CN(c1ccc(I)cc1)S(C)(=O)=O)c1ccccc1. The molecule has 0 radical (unpaired) electrons. The van der Waals surface area contributed by atoms with Gasteiger partial charge in [-0.1, -0.05) is 44.2 Å². The van der Waals surface area contributed by atoms with Gasteiger partial charge in [-0.05, 0) is 64.8 Å². The molecule has 27 heavy (non-hydrogen) atoms. The van der Waals surface area contributed by atoms with Crippen LogP contribution in [-0.2, 0) is 14.8 Å². The molecule has 1 N–H and O–H groups in total. The average molecular weight is 500 g/mol. The zero-order chi connectivity index (χ0) is 20.0. The van der Waals surface area contributed by atoms with Crippen LogP contribution in [0.5, 0.6) is 0 Å². The van der Waals surface area contributed by atoms with Gasteiger partial charge in [-0.25, -0.2) is 8.42 Å². The summed E-state index contributed by atoms with van der Waals surface area (Å²) in [5, 5.41) is 3.00. The van der Waals surface area contributed by atoms with Gasteiger partial charge >= 0.3 is 0 Å². The molecule has 7 heteroatoms. The summed E-state index contributed by atoms with van der Waals surface area (Å²) in [6.45, 7) is 3.94. The minimum absolute atomic E-state index is 0.156. The lowest BCUT2D eigenvalue weighted by molar-refractivity contribution is -0.120. The number of nitrogens with one attached hydrogen (secondary N) is 1. The van der Waals surface area contributed by atoms with Gasteiger partial charge in [-0.2, -0.15) is 0 Å². The average Bonchev–Trinajstić information content (AvgIpc) is 2.59. The van der Waals surface area contributed by atoms with Crippen LogP contribution >= 0.6 is 22.6 Å². The Labute approximate surface area is 175 Å². The minimum atomic E-state index is -3.58. The number of hydrogen-bond acceptors (Lipinski definition) is 3. The first-order valence-electron chi connectivity index (χ1n) is 8.74. The summed E-state index contributed by atoms with van der Waals surface area (Å²) in [6, 6.07) is 16.6. The Morgan fingerprint density at radius 1 is 1.07 bits per heavy atom. The fraction of sp³-hybridized carbons (Fsp3) is 0.350. The van der Waals surface area contributed by atoms with Gasteiger partial charge in [0.25, 0.3) is 0 Å². The van der Waals surface area contributed by atoms with Crippen molar-refractivity contribution in [2.24, 2.45) is 5.92 Å². The van der Waals surface area contributed by atoms with E-state index in [1.807, 2.05) is 42.5 Å². The first kappa shape index (κ1) is 21.7. The number of benzene rings is 2. The molecule has 5 nitrogen and oxygen atoms in total. The molecule has 0 heterocycles. The van der Waals surface area contributed by atoms with E-state index in [4.69, 9.17) is 0 Å². The van der Waals surface area contributed by atoms with Gasteiger partial charge in [0.15, 0.2) is 0 Å². The highest BCUT2D eigenvalue weighted by Gasteiger charge is 2.23. The summed E-state index contributed by atoms with van der Waals surface area (Å²) in [4.78, 5) is 12.7. The molecule has 1 atom stereocenters. The number of carbonyl (C=O) groups excluding carboxylic acids is 1. The van der Waals surface area contributed by atoms with E-state index in [0.717, 1.165) is 26.1 Å². The smallest absolute Gasteiger partial charge is 0.241 e. The van der Waals surface area contributed by atoms with Gasteiger partial charge in [0.1, 0.15) is 6.54 Å². The molecule has 0 aromatic heterocycles. The van der Waals surface area contributed by atoms with Gasteiger partial charge in [-0.3, -0.25) is 9.10 Å². The van der Waals surface area contributed by atoms with Gasteiger partial charge < -0.3 is 5.32 Å². The topological polar surface area (TPSA) is 66.5 Å². The Bertz CT molecular complexity index is 853. The van der Waals surface area contributed by atoms with Crippen LogP contribution in [0.2, 0.25) is 0 Å². The number of carbonyl (C=O) groups is 1. The Balaban J connectivity index is 2.19. The van der Waals surface area contributed by atoms with Crippen LogP contribution in [0, 0.1) is 9.49 Å². The minimum Gasteiger partial charge on any atom is -0.348 e. The highest BCUT2D eigenvalue weighted by molar-refractivity contribution is 14.1. The second-order valence-electron chi connectivity index (χ2n) is 6.91. The zero-order valence-corrected chi connectivity index (χ0v) is 18.7. The summed E-state index contributed by atoms with van der Waals surface area (Å²) in [5.41, 5.74) is 1.49. The summed E-state index contributed by atoms with van der Waals surface area (Å²) >= 11 is 2.15.